The summed E-state index contributed by atoms with van der Waals surface area (Å²) in [6.45, 7) is 4.71. The zero-order valence-corrected chi connectivity index (χ0v) is 33.6. The van der Waals surface area contributed by atoms with E-state index in [1.54, 1.807) is 0 Å². The summed E-state index contributed by atoms with van der Waals surface area (Å²) < 4.78 is 8.75. The van der Waals surface area contributed by atoms with Crippen molar-refractivity contribution in [3.63, 3.8) is 0 Å². The lowest BCUT2D eigenvalue weighted by Gasteiger charge is -2.43. The lowest BCUT2D eigenvalue weighted by molar-refractivity contribution is 0.630. The van der Waals surface area contributed by atoms with Crippen LogP contribution in [-0.2, 0) is 12.5 Å². The molecule has 0 bridgehead atoms. The van der Waals surface area contributed by atoms with Crippen molar-refractivity contribution in [3.05, 3.63) is 199 Å². The molecule has 0 unspecified atom stereocenters. The highest BCUT2D eigenvalue weighted by Crippen LogP contribution is 2.53. The molecule has 0 amide bonds. The monoisotopic (exact) mass is 764 g/mol. The van der Waals surface area contributed by atoms with E-state index >= 15 is 0 Å². The number of pyridine rings is 1. The molecule has 278 valence electrons. The molecule has 0 fully saturated rings. The van der Waals surface area contributed by atoms with Crippen molar-refractivity contribution >= 4 is 79.0 Å². The van der Waals surface area contributed by atoms with Gasteiger partial charge in [0.25, 0.3) is 0 Å². The summed E-state index contributed by atoms with van der Waals surface area (Å²) in [4.78, 5) is 12.5. The van der Waals surface area contributed by atoms with Crippen LogP contribution in [0.15, 0.2) is 193 Å². The van der Waals surface area contributed by atoms with Crippen LogP contribution in [0.4, 0.5) is 17.2 Å². The summed E-state index contributed by atoms with van der Waals surface area (Å²) in [5.41, 5.74) is 9.33. The van der Waals surface area contributed by atoms with Gasteiger partial charge in [-0.05, 0) is 74.3 Å². The first-order valence-corrected chi connectivity index (χ1v) is 21.9. The number of hydrogen-bond donors (Lipinski definition) is 0. The Morgan fingerprint density at radius 2 is 1.21 bits per heavy atom. The van der Waals surface area contributed by atoms with Crippen LogP contribution in [0.2, 0.25) is 0 Å². The molecule has 6 heteroatoms. The predicted octanol–water partition coefficient (Wildman–Crippen LogP) is 10.0. The van der Waals surface area contributed by atoms with Gasteiger partial charge < -0.3 is 8.98 Å². The Bertz CT molecular complexity index is 3130. The highest BCUT2D eigenvalue weighted by Gasteiger charge is 2.44. The van der Waals surface area contributed by atoms with Crippen molar-refractivity contribution in [1.82, 2.24) is 14.5 Å². The Morgan fingerprint density at radius 1 is 0.534 bits per heavy atom. The first-order valence-electron chi connectivity index (χ1n) is 19.9. The Balaban J connectivity index is 1.20. The number of para-hydroxylation sites is 3. The third-order valence-electron chi connectivity index (χ3n) is 12.4. The van der Waals surface area contributed by atoms with Gasteiger partial charge in [-0.2, -0.15) is 0 Å². The van der Waals surface area contributed by atoms with Crippen molar-refractivity contribution in [2.45, 2.75) is 19.3 Å². The predicted molar refractivity (Wildman–Crippen MR) is 242 cm³/mol. The van der Waals surface area contributed by atoms with E-state index in [0.717, 1.165) is 61.6 Å². The molecule has 0 radical (unpaired) electrons. The Kier molecular flexibility index (Phi) is 7.68. The topological polar surface area (TPSA) is 47.1 Å². The van der Waals surface area contributed by atoms with E-state index in [9.17, 15) is 0 Å². The molecular formula is C52H40N4OSi. The summed E-state index contributed by atoms with van der Waals surface area (Å²) in [6.07, 6.45) is 1.89. The molecule has 7 aromatic carbocycles. The van der Waals surface area contributed by atoms with Crippen LogP contribution in [0, 0.1) is 0 Å². The van der Waals surface area contributed by atoms with Crippen LogP contribution in [0.5, 0.6) is 0 Å². The second-order valence-electron chi connectivity index (χ2n) is 15.9. The SMILES string of the molecule is Cn1c(-c2cccc([Si](c3ccccc3)(c3ccccc3)c3ccc4c(c3)N(c3ccccn3)c3cc5oc6ccccc6c5cc3C4(C)C)c2)nc2ccccc21. The van der Waals surface area contributed by atoms with Gasteiger partial charge in [-0.1, -0.05) is 147 Å². The molecule has 5 nitrogen and oxygen atoms in total. The second kappa shape index (κ2) is 13.0. The van der Waals surface area contributed by atoms with E-state index in [1.165, 1.54) is 31.9 Å². The van der Waals surface area contributed by atoms with Gasteiger partial charge in [-0.25, -0.2) is 9.97 Å². The molecule has 1 aliphatic heterocycles. The standard InChI is InChI=1S/C52H40N4OSi/c1-52(2)42-29-28-39(32-46(42)56(50-27-14-15-30-53-50)47-34-49-41(33-43(47)52)40-23-10-13-26-48(40)57-49)58(36-18-6-4-7-19-36,37-20-8-5-9-21-37)38-22-16-17-35(31-38)51-54-44-24-11-12-25-45(44)55(51)3/h4-34H,1-3H3. The molecule has 1 aliphatic rings. The average molecular weight is 765 g/mol. The molecule has 0 spiro atoms. The largest absolute Gasteiger partial charge is 0.456 e. The van der Waals surface area contributed by atoms with E-state index < -0.39 is 8.07 Å². The maximum absolute atomic E-state index is 6.54. The molecular weight excluding hydrogens is 725 g/mol. The van der Waals surface area contributed by atoms with E-state index in [2.05, 4.69) is 200 Å². The molecule has 0 atom stereocenters. The molecule has 0 saturated heterocycles. The number of hydrogen-bond acceptors (Lipinski definition) is 4. The number of imidazole rings is 1. The Labute approximate surface area is 338 Å². The number of aromatic nitrogens is 3. The third kappa shape index (κ3) is 5.01. The first kappa shape index (κ1) is 34.2. The lowest BCUT2D eigenvalue weighted by Crippen LogP contribution is -2.74. The lowest BCUT2D eigenvalue weighted by atomic mass is 9.73. The van der Waals surface area contributed by atoms with Gasteiger partial charge in [0.1, 0.15) is 22.8 Å². The highest BCUT2D eigenvalue weighted by atomic mass is 28.3. The summed E-state index contributed by atoms with van der Waals surface area (Å²) in [6, 6.07) is 66.2. The van der Waals surface area contributed by atoms with E-state index in [-0.39, 0.29) is 5.41 Å². The maximum Gasteiger partial charge on any atom is 0.179 e. The summed E-state index contributed by atoms with van der Waals surface area (Å²) in [5, 5.41) is 7.46. The number of nitrogens with zero attached hydrogens (tertiary/aromatic N) is 4. The fraction of sp³-hybridized carbons (Fsp3) is 0.0769. The van der Waals surface area contributed by atoms with E-state index in [0.29, 0.717) is 0 Å². The van der Waals surface area contributed by atoms with Crippen LogP contribution in [0.3, 0.4) is 0 Å². The molecule has 10 aromatic rings. The minimum absolute atomic E-state index is 0.328. The fourth-order valence-electron chi connectivity index (χ4n) is 9.60. The van der Waals surface area contributed by atoms with E-state index in [4.69, 9.17) is 14.4 Å². The van der Waals surface area contributed by atoms with Gasteiger partial charge in [-0.3, -0.25) is 4.90 Å². The average Bonchev–Trinajstić information content (AvgIpc) is 3.81. The number of benzene rings is 7. The highest BCUT2D eigenvalue weighted by molar-refractivity contribution is 7.20. The maximum atomic E-state index is 6.54. The minimum atomic E-state index is -3.02. The van der Waals surface area contributed by atoms with Gasteiger partial charge in [0.05, 0.1) is 22.4 Å². The van der Waals surface area contributed by atoms with Crippen molar-refractivity contribution in [1.29, 1.82) is 0 Å². The quantitative estimate of drug-likeness (QED) is 0.125. The molecule has 0 aliphatic carbocycles. The second-order valence-corrected chi connectivity index (χ2v) is 19.7. The van der Waals surface area contributed by atoms with Crippen LogP contribution >= 0.6 is 0 Å². The van der Waals surface area contributed by atoms with Gasteiger partial charge in [-0.15, -0.1) is 0 Å². The smallest absolute Gasteiger partial charge is 0.179 e. The molecule has 11 rings (SSSR count). The van der Waals surface area contributed by atoms with Crippen LogP contribution < -0.4 is 25.6 Å². The Morgan fingerprint density at radius 3 is 1.97 bits per heavy atom. The van der Waals surface area contributed by atoms with Crippen molar-refractivity contribution in [2.24, 2.45) is 7.05 Å². The van der Waals surface area contributed by atoms with Crippen LogP contribution in [0.1, 0.15) is 25.0 Å². The summed E-state index contributed by atoms with van der Waals surface area (Å²) >= 11 is 0. The third-order valence-corrected chi connectivity index (χ3v) is 17.1. The fourth-order valence-corrected chi connectivity index (χ4v) is 14.4. The molecule has 3 aromatic heterocycles. The van der Waals surface area contributed by atoms with Gasteiger partial charge in [0, 0.05) is 41.1 Å². The van der Waals surface area contributed by atoms with Crippen molar-refractivity contribution < 1.29 is 4.42 Å². The molecule has 58 heavy (non-hydrogen) atoms. The number of furan rings is 1. The zero-order valence-electron chi connectivity index (χ0n) is 32.6. The summed E-state index contributed by atoms with van der Waals surface area (Å²) in [5.74, 6) is 1.82. The zero-order chi connectivity index (χ0) is 39.0. The van der Waals surface area contributed by atoms with E-state index in [1.807, 2.05) is 18.3 Å². The molecule has 0 saturated carbocycles. The first-order chi connectivity index (χ1) is 28.4. The van der Waals surface area contributed by atoms with Crippen LogP contribution in [0.25, 0.3) is 44.4 Å². The minimum Gasteiger partial charge on any atom is -0.456 e. The summed E-state index contributed by atoms with van der Waals surface area (Å²) in [7, 11) is -0.901. The van der Waals surface area contributed by atoms with Crippen molar-refractivity contribution in [2.75, 3.05) is 4.90 Å². The normalized spacial score (nSPS) is 13.5. The molecule has 4 heterocycles. The number of anilines is 3. The van der Waals surface area contributed by atoms with Gasteiger partial charge >= 0.3 is 0 Å². The molecule has 0 N–H and O–H groups in total. The number of aryl methyl sites for hydroxylation is 1. The van der Waals surface area contributed by atoms with Gasteiger partial charge in [0.2, 0.25) is 0 Å². The number of rotatable bonds is 6. The van der Waals surface area contributed by atoms with Crippen molar-refractivity contribution in [3.8, 4) is 11.4 Å². The van der Waals surface area contributed by atoms with Gasteiger partial charge in [0.15, 0.2) is 8.07 Å². The van der Waals surface area contributed by atoms with Crippen LogP contribution in [-0.4, -0.2) is 22.6 Å². The number of fused-ring (bicyclic) bond motifs is 6. The Hall–Kier alpha value is -7.02.